The van der Waals surface area contributed by atoms with E-state index >= 15 is 0 Å². The van der Waals surface area contributed by atoms with Gasteiger partial charge >= 0.3 is 5.97 Å². The number of rotatable bonds is 6. The summed E-state index contributed by atoms with van der Waals surface area (Å²) in [6.07, 6.45) is 0. The van der Waals surface area contributed by atoms with Gasteiger partial charge in [0.1, 0.15) is 5.75 Å². The topological polar surface area (TPSA) is 128 Å². The van der Waals surface area contributed by atoms with E-state index in [9.17, 15) is 15.0 Å². The molecule has 2 aromatic heterocycles. The maximum atomic E-state index is 11.4. The zero-order valence-electron chi connectivity index (χ0n) is 16.7. The minimum atomic E-state index is -1.09. The predicted molar refractivity (Wildman–Crippen MR) is 111 cm³/mol. The number of hydrogen-bond donors (Lipinski definition) is 3. The van der Waals surface area contributed by atoms with E-state index in [4.69, 9.17) is 4.52 Å². The number of nitrogens with one attached hydrogen (secondary N) is 1. The maximum absolute atomic E-state index is 11.4. The Morgan fingerprint density at radius 1 is 1.27 bits per heavy atom. The number of aromatic hydroxyl groups is 1. The summed E-state index contributed by atoms with van der Waals surface area (Å²) in [4.78, 5) is 17.6. The number of H-pyrrole nitrogens is 1. The zero-order valence-corrected chi connectivity index (χ0v) is 16.7. The van der Waals surface area contributed by atoms with Crippen LogP contribution in [0.25, 0.3) is 22.4 Å². The van der Waals surface area contributed by atoms with Crippen molar-refractivity contribution in [3.05, 3.63) is 53.5 Å². The normalized spacial score (nSPS) is 11.3. The Hall–Kier alpha value is -3.88. The summed E-state index contributed by atoms with van der Waals surface area (Å²) in [5.41, 5.74) is 2.55. The van der Waals surface area contributed by atoms with Crippen LogP contribution in [0, 0.1) is 0 Å². The molecule has 0 fully saturated rings. The van der Waals surface area contributed by atoms with Crippen LogP contribution in [0.2, 0.25) is 0 Å². The van der Waals surface area contributed by atoms with Crippen LogP contribution in [-0.4, -0.2) is 43.6 Å². The highest BCUT2D eigenvalue weighted by Crippen LogP contribution is 2.33. The van der Waals surface area contributed by atoms with Gasteiger partial charge in [0.15, 0.2) is 11.5 Å². The minimum Gasteiger partial charge on any atom is -0.507 e. The number of aromatic nitrogens is 4. The van der Waals surface area contributed by atoms with Gasteiger partial charge < -0.3 is 19.6 Å². The van der Waals surface area contributed by atoms with Gasteiger partial charge in [-0.25, -0.2) is 4.79 Å². The number of carboxylic acid groups (broad SMARTS) is 1. The van der Waals surface area contributed by atoms with Crippen molar-refractivity contribution in [2.75, 3.05) is 11.9 Å². The van der Waals surface area contributed by atoms with Crippen molar-refractivity contribution in [3.8, 4) is 17.2 Å². The number of aromatic amines is 1. The van der Waals surface area contributed by atoms with E-state index in [1.165, 1.54) is 0 Å². The largest absolute Gasteiger partial charge is 0.507 e. The zero-order chi connectivity index (χ0) is 21.4. The number of aromatic carboxylic acids is 1. The molecule has 0 saturated carbocycles. The van der Waals surface area contributed by atoms with Gasteiger partial charge in [0.25, 0.3) is 5.89 Å². The van der Waals surface area contributed by atoms with Gasteiger partial charge in [0.05, 0.1) is 11.1 Å². The molecule has 0 atom stereocenters. The molecule has 0 amide bonds. The molecule has 9 heteroatoms. The smallest absolute Gasteiger partial charge is 0.357 e. The number of carboxylic acids is 1. The summed E-state index contributed by atoms with van der Waals surface area (Å²) in [5, 5.41) is 31.1. The molecule has 0 aliphatic heterocycles. The highest BCUT2D eigenvalue weighted by atomic mass is 16.5. The molecule has 0 aliphatic carbocycles. The second-order valence-corrected chi connectivity index (χ2v) is 7.39. The van der Waals surface area contributed by atoms with Gasteiger partial charge in [0.2, 0.25) is 0 Å². The summed E-state index contributed by atoms with van der Waals surface area (Å²) >= 11 is 0. The van der Waals surface area contributed by atoms with Crippen LogP contribution in [0.15, 0.2) is 40.9 Å². The second kappa shape index (κ2) is 7.51. The van der Waals surface area contributed by atoms with Crippen molar-refractivity contribution in [1.82, 2.24) is 20.3 Å². The van der Waals surface area contributed by atoms with E-state index in [0.717, 1.165) is 5.69 Å². The van der Waals surface area contributed by atoms with Gasteiger partial charge in [0, 0.05) is 36.1 Å². The Balaban J connectivity index is 1.63. The highest BCUT2D eigenvalue weighted by Gasteiger charge is 2.18. The SMILES string of the molecule is CC(C)c1noc(-c2cccc(CN(C)c3ccc4[nH]nc(C(=O)O)c4c3)c2O)n1. The molecule has 4 rings (SSSR count). The van der Waals surface area contributed by atoms with Gasteiger partial charge in [-0.3, -0.25) is 5.10 Å². The quantitative estimate of drug-likeness (QED) is 0.440. The van der Waals surface area contributed by atoms with Crippen molar-refractivity contribution in [1.29, 1.82) is 0 Å². The van der Waals surface area contributed by atoms with Crippen LogP contribution in [-0.2, 0) is 6.54 Å². The maximum Gasteiger partial charge on any atom is 0.357 e. The monoisotopic (exact) mass is 407 g/mol. The molecule has 30 heavy (non-hydrogen) atoms. The third kappa shape index (κ3) is 3.45. The molecule has 4 aromatic rings. The van der Waals surface area contributed by atoms with Crippen LogP contribution in [0.3, 0.4) is 0 Å². The van der Waals surface area contributed by atoms with E-state index in [-0.39, 0.29) is 23.3 Å². The summed E-state index contributed by atoms with van der Waals surface area (Å²) in [6.45, 7) is 4.32. The molecule has 0 saturated heterocycles. The van der Waals surface area contributed by atoms with Gasteiger partial charge in [-0.1, -0.05) is 31.1 Å². The van der Waals surface area contributed by atoms with Crippen LogP contribution >= 0.6 is 0 Å². The van der Waals surface area contributed by atoms with E-state index in [0.29, 0.717) is 34.4 Å². The first-order valence-corrected chi connectivity index (χ1v) is 9.42. The van der Waals surface area contributed by atoms with Crippen LogP contribution in [0.1, 0.15) is 41.6 Å². The molecule has 3 N–H and O–H groups in total. The van der Waals surface area contributed by atoms with Crippen molar-refractivity contribution in [2.45, 2.75) is 26.3 Å². The molecule has 0 spiro atoms. The third-order valence-corrected chi connectivity index (χ3v) is 4.91. The van der Waals surface area contributed by atoms with Crippen LogP contribution in [0.4, 0.5) is 5.69 Å². The predicted octanol–water partition coefficient (Wildman–Crippen LogP) is 3.78. The fraction of sp³-hybridized carbons (Fsp3) is 0.238. The average Bonchev–Trinajstić information content (AvgIpc) is 3.36. The number of anilines is 1. The first-order chi connectivity index (χ1) is 14.3. The lowest BCUT2D eigenvalue weighted by atomic mass is 10.1. The Labute approximate surface area is 172 Å². The summed E-state index contributed by atoms with van der Waals surface area (Å²) in [7, 11) is 1.86. The van der Waals surface area contributed by atoms with Crippen molar-refractivity contribution in [2.24, 2.45) is 0 Å². The number of fused-ring (bicyclic) bond motifs is 1. The van der Waals surface area contributed by atoms with Crippen LogP contribution < -0.4 is 4.90 Å². The lowest BCUT2D eigenvalue weighted by molar-refractivity contribution is 0.0692. The lowest BCUT2D eigenvalue weighted by Crippen LogP contribution is -2.16. The standard InChI is InChI=1S/C21H21N5O4/c1-11(2)19-22-20(30-25-19)14-6-4-5-12(18(14)27)10-26(3)13-7-8-16-15(9-13)17(21(28)29)24-23-16/h4-9,11,27H,10H2,1-3H3,(H,23,24)(H,28,29). The third-order valence-electron chi connectivity index (χ3n) is 4.91. The van der Waals surface area contributed by atoms with Crippen molar-refractivity contribution < 1.29 is 19.5 Å². The fourth-order valence-electron chi connectivity index (χ4n) is 3.22. The molecule has 0 radical (unpaired) electrons. The molecule has 2 heterocycles. The van der Waals surface area contributed by atoms with Gasteiger partial charge in [-0.15, -0.1) is 0 Å². The summed E-state index contributed by atoms with van der Waals surface area (Å²) in [5.74, 6) is -0.0562. The number of phenolic OH excluding ortho intramolecular Hbond substituents is 1. The average molecular weight is 407 g/mol. The Morgan fingerprint density at radius 3 is 2.77 bits per heavy atom. The van der Waals surface area contributed by atoms with Crippen molar-refractivity contribution in [3.63, 3.8) is 0 Å². The second-order valence-electron chi connectivity index (χ2n) is 7.39. The van der Waals surface area contributed by atoms with E-state index < -0.39 is 5.97 Å². The number of carbonyl (C=O) groups is 1. The van der Waals surface area contributed by atoms with Crippen LogP contribution in [0.5, 0.6) is 5.75 Å². The lowest BCUT2D eigenvalue weighted by Gasteiger charge is -2.20. The van der Waals surface area contributed by atoms with Gasteiger partial charge in [-0.05, 0) is 24.3 Å². The number of benzene rings is 2. The Morgan fingerprint density at radius 2 is 2.07 bits per heavy atom. The van der Waals surface area contributed by atoms with E-state index in [2.05, 4.69) is 20.3 Å². The minimum absolute atomic E-state index is 0.0255. The first-order valence-electron chi connectivity index (χ1n) is 9.42. The Bertz CT molecular complexity index is 1230. The number of phenols is 1. The summed E-state index contributed by atoms with van der Waals surface area (Å²) < 4.78 is 5.31. The fourth-order valence-corrected chi connectivity index (χ4v) is 3.22. The molecule has 0 bridgehead atoms. The molecule has 0 unspecified atom stereocenters. The molecular formula is C21H21N5O4. The number of para-hydroxylation sites is 1. The molecule has 0 aliphatic rings. The first kappa shape index (κ1) is 19.4. The van der Waals surface area contributed by atoms with Gasteiger partial charge in [-0.2, -0.15) is 10.1 Å². The molecular weight excluding hydrogens is 386 g/mol. The Kier molecular flexibility index (Phi) is 4.86. The van der Waals surface area contributed by atoms with E-state index in [1.807, 2.05) is 44.0 Å². The number of hydrogen-bond acceptors (Lipinski definition) is 7. The molecule has 9 nitrogen and oxygen atoms in total. The molecule has 2 aromatic carbocycles. The molecule has 154 valence electrons. The summed E-state index contributed by atoms with van der Waals surface area (Å²) in [6, 6.07) is 10.8. The highest BCUT2D eigenvalue weighted by molar-refractivity contribution is 6.01. The van der Waals surface area contributed by atoms with E-state index in [1.54, 1.807) is 18.2 Å². The van der Waals surface area contributed by atoms with Crippen molar-refractivity contribution >= 4 is 22.6 Å². The number of nitrogens with zero attached hydrogens (tertiary/aromatic N) is 4.